The standard InChI is InChI=1S/C16H15ClFNO4S/c1-2-19-24(21,22)14-7-4-11(5-8-14)16(20)23-10-12-3-6-13(18)9-15(12)17/h3-9,19H,2,10H2,1H3. The van der Waals surface area contributed by atoms with Crippen molar-refractivity contribution in [2.24, 2.45) is 0 Å². The van der Waals surface area contributed by atoms with Gasteiger partial charge in [-0.2, -0.15) is 0 Å². The van der Waals surface area contributed by atoms with Crippen LogP contribution in [-0.4, -0.2) is 20.9 Å². The first-order valence-electron chi connectivity index (χ1n) is 7.04. The molecule has 0 saturated heterocycles. The van der Waals surface area contributed by atoms with E-state index in [-0.39, 0.29) is 28.6 Å². The van der Waals surface area contributed by atoms with E-state index in [1.165, 1.54) is 36.4 Å². The number of sulfonamides is 1. The van der Waals surface area contributed by atoms with Crippen molar-refractivity contribution in [3.05, 3.63) is 64.4 Å². The second-order valence-corrected chi connectivity index (χ2v) is 7.01. The zero-order valence-corrected chi connectivity index (χ0v) is 14.3. The second kappa shape index (κ2) is 7.74. The van der Waals surface area contributed by atoms with Crippen molar-refractivity contribution in [2.45, 2.75) is 18.4 Å². The fraction of sp³-hybridized carbons (Fsp3) is 0.188. The molecule has 5 nitrogen and oxygen atoms in total. The summed E-state index contributed by atoms with van der Waals surface area (Å²) in [6, 6.07) is 9.13. The zero-order chi connectivity index (χ0) is 17.7. The molecule has 2 aromatic rings. The molecule has 0 radical (unpaired) electrons. The lowest BCUT2D eigenvalue weighted by molar-refractivity contribution is 0.0472. The van der Waals surface area contributed by atoms with Crippen molar-refractivity contribution in [3.63, 3.8) is 0 Å². The Morgan fingerprint density at radius 1 is 1.21 bits per heavy atom. The lowest BCUT2D eigenvalue weighted by atomic mass is 10.2. The van der Waals surface area contributed by atoms with E-state index < -0.39 is 21.8 Å². The van der Waals surface area contributed by atoms with Crippen LogP contribution in [0.4, 0.5) is 4.39 Å². The zero-order valence-electron chi connectivity index (χ0n) is 12.8. The normalized spacial score (nSPS) is 11.3. The molecule has 0 saturated carbocycles. The van der Waals surface area contributed by atoms with E-state index in [9.17, 15) is 17.6 Å². The molecule has 0 spiro atoms. The summed E-state index contributed by atoms with van der Waals surface area (Å²) in [6.07, 6.45) is 0. The van der Waals surface area contributed by atoms with Gasteiger partial charge in [0.25, 0.3) is 0 Å². The molecule has 0 amide bonds. The molecule has 0 fully saturated rings. The van der Waals surface area contributed by atoms with Crippen molar-refractivity contribution >= 4 is 27.6 Å². The van der Waals surface area contributed by atoms with E-state index in [0.29, 0.717) is 5.56 Å². The third kappa shape index (κ3) is 4.53. The molecule has 0 aliphatic carbocycles. The molecule has 0 aliphatic rings. The third-order valence-electron chi connectivity index (χ3n) is 3.11. The van der Waals surface area contributed by atoms with Crippen molar-refractivity contribution in [1.29, 1.82) is 0 Å². The summed E-state index contributed by atoms with van der Waals surface area (Å²) in [5.41, 5.74) is 0.668. The number of halogens is 2. The van der Waals surface area contributed by atoms with Crippen LogP contribution in [-0.2, 0) is 21.4 Å². The van der Waals surface area contributed by atoms with Crippen molar-refractivity contribution in [3.8, 4) is 0 Å². The van der Waals surface area contributed by atoms with E-state index in [2.05, 4.69) is 4.72 Å². The highest BCUT2D eigenvalue weighted by Gasteiger charge is 2.14. The summed E-state index contributed by atoms with van der Waals surface area (Å²) >= 11 is 5.85. The molecule has 0 atom stereocenters. The number of nitrogens with one attached hydrogen (secondary N) is 1. The minimum absolute atomic E-state index is 0.0579. The van der Waals surface area contributed by atoms with Gasteiger partial charge < -0.3 is 4.74 Å². The quantitative estimate of drug-likeness (QED) is 0.792. The van der Waals surface area contributed by atoms with Gasteiger partial charge in [0.05, 0.1) is 15.5 Å². The van der Waals surface area contributed by atoms with Gasteiger partial charge in [-0.3, -0.25) is 0 Å². The number of carbonyl (C=O) groups is 1. The molecule has 0 aliphatic heterocycles. The van der Waals surface area contributed by atoms with E-state index in [4.69, 9.17) is 16.3 Å². The summed E-state index contributed by atoms with van der Waals surface area (Å²) in [7, 11) is -3.57. The maximum atomic E-state index is 13.0. The molecule has 2 aromatic carbocycles. The van der Waals surface area contributed by atoms with E-state index in [0.717, 1.165) is 6.07 Å². The minimum Gasteiger partial charge on any atom is -0.457 e. The molecule has 24 heavy (non-hydrogen) atoms. The largest absolute Gasteiger partial charge is 0.457 e. The monoisotopic (exact) mass is 371 g/mol. The van der Waals surface area contributed by atoms with Crippen LogP contribution >= 0.6 is 11.6 Å². The number of benzene rings is 2. The van der Waals surface area contributed by atoms with Gasteiger partial charge in [0.1, 0.15) is 12.4 Å². The number of hydrogen-bond acceptors (Lipinski definition) is 4. The Balaban J connectivity index is 2.05. The Bertz CT molecular complexity index is 838. The van der Waals surface area contributed by atoms with Gasteiger partial charge in [0, 0.05) is 12.1 Å². The average Bonchev–Trinajstić information content (AvgIpc) is 2.54. The van der Waals surface area contributed by atoms with Crippen LogP contribution in [0, 0.1) is 5.82 Å². The molecule has 0 unspecified atom stereocenters. The maximum Gasteiger partial charge on any atom is 0.338 e. The molecule has 0 aromatic heterocycles. The first kappa shape index (κ1) is 18.4. The van der Waals surface area contributed by atoms with Crippen LogP contribution in [0.2, 0.25) is 5.02 Å². The Morgan fingerprint density at radius 2 is 1.88 bits per heavy atom. The first-order chi connectivity index (χ1) is 11.3. The summed E-state index contributed by atoms with van der Waals surface area (Å²) < 4.78 is 44.0. The minimum atomic E-state index is -3.57. The van der Waals surface area contributed by atoms with Gasteiger partial charge >= 0.3 is 5.97 Å². The van der Waals surface area contributed by atoms with Gasteiger partial charge in [0.2, 0.25) is 10.0 Å². The molecule has 8 heteroatoms. The van der Waals surface area contributed by atoms with Crippen LogP contribution in [0.5, 0.6) is 0 Å². The molecule has 128 valence electrons. The predicted molar refractivity (Wildman–Crippen MR) is 87.8 cm³/mol. The van der Waals surface area contributed by atoms with Gasteiger partial charge in [-0.05, 0) is 36.4 Å². The maximum absolute atomic E-state index is 13.0. The van der Waals surface area contributed by atoms with Gasteiger partial charge in [0.15, 0.2) is 0 Å². The number of rotatable bonds is 6. The van der Waals surface area contributed by atoms with Crippen molar-refractivity contribution in [1.82, 2.24) is 4.72 Å². The van der Waals surface area contributed by atoms with Crippen LogP contribution in [0.25, 0.3) is 0 Å². The first-order valence-corrected chi connectivity index (χ1v) is 8.90. The molecular weight excluding hydrogens is 357 g/mol. The lowest BCUT2D eigenvalue weighted by Crippen LogP contribution is -2.23. The Hall–Kier alpha value is -1.96. The molecule has 2 rings (SSSR count). The van der Waals surface area contributed by atoms with Crippen molar-refractivity contribution < 1.29 is 22.3 Å². The number of hydrogen-bond donors (Lipinski definition) is 1. The highest BCUT2D eigenvalue weighted by atomic mass is 35.5. The summed E-state index contributed by atoms with van der Waals surface area (Å²) in [6.45, 7) is 1.82. The summed E-state index contributed by atoms with van der Waals surface area (Å²) in [5.74, 6) is -1.12. The number of ether oxygens (including phenoxy) is 1. The predicted octanol–water partition coefficient (Wildman–Crippen LogP) is 3.13. The molecule has 1 N–H and O–H groups in total. The molecule has 0 heterocycles. The number of carbonyl (C=O) groups excluding carboxylic acids is 1. The SMILES string of the molecule is CCNS(=O)(=O)c1ccc(C(=O)OCc2ccc(F)cc2Cl)cc1. The van der Waals surface area contributed by atoms with Gasteiger partial charge in [-0.15, -0.1) is 0 Å². The van der Waals surface area contributed by atoms with Crippen LogP contribution < -0.4 is 4.72 Å². The highest BCUT2D eigenvalue weighted by Crippen LogP contribution is 2.19. The second-order valence-electron chi connectivity index (χ2n) is 4.84. The molecular formula is C16H15ClFNO4S. The van der Waals surface area contributed by atoms with Gasteiger partial charge in [-0.25, -0.2) is 22.3 Å². The lowest BCUT2D eigenvalue weighted by Gasteiger charge is -2.08. The van der Waals surface area contributed by atoms with E-state index in [1.54, 1.807) is 6.92 Å². The van der Waals surface area contributed by atoms with Crippen LogP contribution in [0.15, 0.2) is 47.4 Å². The third-order valence-corrected chi connectivity index (χ3v) is 5.02. The smallest absolute Gasteiger partial charge is 0.338 e. The van der Waals surface area contributed by atoms with Crippen LogP contribution in [0.3, 0.4) is 0 Å². The van der Waals surface area contributed by atoms with Crippen LogP contribution in [0.1, 0.15) is 22.8 Å². The Morgan fingerprint density at radius 3 is 2.46 bits per heavy atom. The van der Waals surface area contributed by atoms with E-state index >= 15 is 0 Å². The summed E-state index contributed by atoms with van der Waals surface area (Å²) in [4.78, 5) is 12.0. The highest BCUT2D eigenvalue weighted by molar-refractivity contribution is 7.89. The summed E-state index contributed by atoms with van der Waals surface area (Å²) in [5, 5.41) is 0.162. The Labute approximate surface area is 144 Å². The Kier molecular flexibility index (Phi) is 5.93. The molecule has 0 bridgehead atoms. The van der Waals surface area contributed by atoms with Gasteiger partial charge in [-0.1, -0.05) is 24.6 Å². The fourth-order valence-electron chi connectivity index (χ4n) is 1.91. The van der Waals surface area contributed by atoms with E-state index in [1.807, 2.05) is 0 Å². The topological polar surface area (TPSA) is 72.5 Å². The average molecular weight is 372 g/mol. The fourth-order valence-corrected chi connectivity index (χ4v) is 3.17. The van der Waals surface area contributed by atoms with Crippen molar-refractivity contribution in [2.75, 3.05) is 6.54 Å². The number of esters is 1.